The van der Waals surface area contributed by atoms with Gasteiger partial charge in [0.15, 0.2) is 0 Å². The number of hydrogen-bond donors (Lipinski definition) is 1. The van der Waals surface area contributed by atoms with Crippen molar-refractivity contribution < 1.29 is 4.79 Å². The van der Waals surface area contributed by atoms with Gasteiger partial charge in [-0.15, -0.1) is 0 Å². The minimum absolute atomic E-state index is 0.0191. The Labute approximate surface area is 128 Å². The summed E-state index contributed by atoms with van der Waals surface area (Å²) in [6, 6.07) is 1.59. The number of H-pyrrole nitrogens is 1. The molecule has 1 saturated heterocycles. The van der Waals surface area contributed by atoms with Gasteiger partial charge in [0.05, 0.1) is 6.04 Å². The Morgan fingerprint density at radius 1 is 1.32 bits per heavy atom. The molecule has 0 spiro atoms. The maximum Gasteiger partial charge on any atom is 0.259 e. The highest BCUT2D eigenvalue weighted by Gasteiger charge is 2.32. The largest absolute Gasteiger partial charge is 0.334 e. The van der Waals surface area contributed by atoms with Crippen molar-refractivity contribution in [1.82, 2.24) is 19.3 Å². The average Bonchev–Trinajstić information content (AvgIpc) is 3.20. The molecule has 2 aromatic heterocycles. The van der Waals surface area contributed by atoms with E-state index in [9.17, 15) is 9.59 Å². The molecule has 4 rings (SSSR count). The molecule has 1 N–H and O–H groups in total. The summed E-state index contributed by atoms with van der Waals surface area (Å²) >= 11 is 0. The zero-order valence-electron chi connectivity index (χ0n) is 12.5. The highest BCUT2D eigenvalue weighted by atomic mass is 16.2. The van der Waals surface area contributed by atoms with Crippen LogP contribution in [0.25, 0.3) is 5.78 Å². The lowest BCUT2D eigenvalue weighted by Crippen LogP contribution is -2.39. The molecule has 1 aliphatic carbocycles. The number of carbonyl (C=O) groups is 1. The predicted molar refractivity (Wildman–Crippen MR) is 81.5 cm³/mol. The lowest BCUT2D eigenvalue weighted by Gasteiger charge is -2.36. The van der Waals surface area contributed by atoms with Gasteiger partial charge in [-0.1, -0.05) is 0 Å². The number of aromatic amines is 1. The van der Waals surface area contributed by atoms with Crippen LogP contribution in [0.3, 0.4) is 0 Å². The first-order chi connectivity index (χ1) is 10.7. The van der Waals surface area contributed by atoms with Crippen LogP contribution in [0.1, 0.15) is 50.3 Å². The van der Waals surface area contributed by atoms with Gasteiger partial charge in [-0.2, -0.15) is 0 Å². The SMILES string of the molecule is O=C(CC1CC1)N1CCCC[C@H]1c1cc(=O)n2ccnc2[nH]1. The van der Waals surface area contributed by atoms with Crippen molar-refractivity contribution in [3.05, 3.63) is 34.5 Å². The van der Waals surface area contributed by atoms with Crippen molar-refractivity contribution in [2.24, 2.45) is 5.92 Å². The summed E-state index contributed by atoms with van der Waals surface area (Å²) in [5.74, 6) is 1.36. The van der Waals surface area contributed by atoms with E-state index in [0.717, 1.165) is 31.5 Å². The second-order valence-corrected chi connectivity index (χ2v) is 6.43. The van der Waals surface area contributed by atoms with E-state index in [4.69, 9.17) is 0 Å². The predicted octanol–water partition coefficient (Wildman–Crippen LogP) is 1.88. The molecule has 0 radical (unpaired) electrons. The summed E-state index contributed by atoms with van der Waals surface area (Å²) < 4.78 is 1.49. The number of nitrogens with zero attached hydrogens (tertiary/aromatic N) is 3. The first-order valence-electron chi connectivity index (χ1n) is 8.08. The molecule has 22 heavy (non-hydrogen) atoms. The molecular formula is C16H20N4O2. The molecule has 2 aromatic rings. The summed E-state index contributed by atoms with van der Waals surface area (Å²) in [4.78, 5) is 34.1. The Kier molecular flexibility index (Phi) is 3.24. The lowest BCUT2D eigenvalue weighted by atomic mass is 9.98. The van der Waals surface area contributed by atoms with E-state index in [0.29, 0.717) is 18.1 Å². The normalized spacial score (nSPS) is 22.2. The molecule has 6 nitrogen and oxygen atoms in total. The van der Waals surface area contributed by atoms with Crippen molar-refractivity contribution in [3.8, 4) is 0 Å². The number of rotatable bonds is 3. The van der Waals surface area contributed by atoms with E-state index in [1.807, 2.05) is 4.90 Å². The summed E-state index contributed by atoms with van der Waals surface area (Å²) in [6.07, 6.45) is 9.31. The number of aromatic nitrogens is 3. The number of carbonyl (C=O) groups excluding carboxylic acids is 1. The number of fused-ring (bicyclic) bond motifs is 1. The van der Waals surface area contributed by atoms with Crippen LogP contribution in [0, 0.1) is 5.92 Å². The smallest absolute Gasteiger partial charge is 0.259 e. The molecule has 0 bridgehead atoms. The average molecular weight is 300 g/mol. The molecule has 2 fully saturated rings. The van der Waals surface area contributed by atoms with Crippen LogP contribution in [0.15, 0.2) is 23.3 Å². The second-order valence-electron chi connectivity index (χ2n) is 6.43. The zero-order chi connectivity index (χ0) is 15.1. The summed E-state index contributed by atoms with van der Waals surface area (Å²) in [7, 11) is 0. The van der Waals surface area contributed by atoms with E-state index < -0.39 is 0 Å². The number of hydrogen-bond acceptors (Lipinski definition) is 3. The van der Waals surface area contributed by atoms with Crippen molar-refractivity contribution in [1.29, 1.82) is 0 Å². The highest BCUT2D eigenvalue weighted by Crippen LogP contribution is 2.36. The monoisotopic (exact) mass is 300 g/mol. The summed E-state index contributed by atoms with van der Waals surface area (Å²) in [6.45, 7) is 0.790. The standard InChI is InChI=1S/C16H20N4O2/c21-14(9-11-4-5-11)19-7-2-1-3-13(19)12-10-15(22)20-8-6-17-16(20)18-12/h6,8,10-11,13H,1-5,7,9H2,(H,17,18)/t13-/m0/s1. The minimum Gasteiger partial charge on any atom is -0.334 e. The van der Waals surface area contributed by atoms with Crippen LogP contribution in [0.2, 0.25) is 0 Å². The fraction of sp³-hybridized carbons (Fsp3) is 0.562. The van der Waals surface area contributed by atoms with Crippen molar-refractivity contribution >= 4 is 11.7 Å². The highest BCUT2D eigenvalue weighted by molar-refractivity contribution is 5.77. The maximum atomic E-state index is 12.5. The molecule has 3 heterocycles. The van der Waals surface area contributed by atoms with Crippen LogP contribution in [-0.4, -0.2) is 31.7 Å². The molecule has 116 valence electrons. The van der Waals surface area contributed by atoms with E-state index >= 15 is 0 Å². The molecule has 2 aliphatic rings. The number of likely N-dealkylation sites (tertiary alicyclic amines) is 1. The first kappa shape index (κ1) is 13.5. The Bertz CT molecular complexity index is 759. The molecule has 1 aliphatic heterocycles. The summed E-state index contributed by atoms with van der Waals surface area (Å²) in [5, 5.41) is 0. The number of nitrogens with one attached hydrogen (secondary N) is 1. The van der Waals surface area contributed by atoms with Crippen LogP contribution in [-0.2, 0) is 4.79 Å². The third kappa shape index (κ3) is 2.42. The first-order valence-corrected chi connectivity index (χ1v) is 8.08. The molecule has 1 saturated carbocycles. The topological polar surface area (TPSA) is 70.5 Å². The molecule has 0 aromatic carbocycles. The lowest BCUT2D eigenvalue weighted by molar-refractivity contribution is -0.135. The van der Waals surface area contributed by atoms with E-state index in [1.54, 1.807) is 18.5 Å². The van der Waals surface area contributed by atoms with Crippen LogP contribution >= 0.6 is 0 Å². The minimum atomic E-state index is -0.0959. The maximum absolute atomic E-state index is 12.5. The Morgan fingerprint density at radius 2 is 2.18 bits per heavy atom. The quantitative estimate of drug-likeness (QED) is 0.941. The van der Waals surface area contributed by atoms with Gasteiger partial charge in [-0.25, -0.2) is 4.98 Å². The van der Waals surface area contributed by atoms with Crippen molar-refractivity contribution in [2.75, 3.05) is 6.54 Å². The number of amides is 1. The van der Waals surface area contributed by atoms with Crippen molar-refractivity contribution in [2.45, 2.75) is 44.6 Å². The molecule has 1 atom stereocenters. The zero-order valence-corrected chi connectivity index (χ0v) is 12.5. The Hall–Kier alpha value is -2.11. The third-order valence-corrected chi connectivity index (χ3v) is 4.76. The van der Waals surface area contributed by atoms with Gasteiger partial charge < -0.3 is 9.88 Å². The van der Waals surface area contributed by atoms with Crippen LogP contribution in [0.5, 0.6) is 0 Å². The summed E-state index contributed by atoms with van der Waals surface area (Å²) in [5.41, 5.74) is 0.717. The Balaban J connectivity index is 1.66. The molecule has 0 unspecified atom stereocenters. The van der Waals surface area contributed by atoms with E-state index in [-0.39, 0.29) is 17.5 Å². The van der Waals surface area contributed by atoms with Gasteiger partial charge in [0.2, 0.25) is 11.7 Å². The van der Waals surface area contributed by atoms with Gasteiger partial charge in [0.1, 0.15) is 0 Å². The van der Waals surface area contributed by atoms with Gasteiger partial charge >= 0.3 is 0 Å². The van der Waals surface area contributed by atoms with E-state index in [1.165, 1.54) is 17.2 Å². The number of imidazole rings is 1. The van der Waals surface area contributed by atoms with Gasteiger partial charge in [-0.05, 0) is 38.0 Å². The van der Waals surface area contributed by atoms with Gasteiger partial charge in [0, 0.05) is 37.1 Å². The molecular weight excluding hydrogens is 280 g/mol. The number of piperidine rings is 1. The molecule has 1 amide bonds. The third-order valence-electron chi connectivity index (χ3n) is 4.76. The van der Waals surface area contributed by atoms with Crippen LogP contribution in [0.4, 0.5) is 0 Å². The second kappa shape index (κ2) is 5.26. The van der Waals surface area contributed by atoms with Gasteiger partial charge in [-0.3, -0.25) is 14.0 Å². The molecule has 6 heteroatoms. The fourth-order valence-electron chi connectivity index (χ4n) is 3.36. The Morgan fingerprint density at radius 3 is 3.00 bits per heavy atom. The van der Waals surface area contributed by atoms with Crippen LogP contribution < -0.4 is 5.56 Å². The van der Waals surface area contributed by atoms with Crippen molar-refractivity contribution in [3.63, 3.8) is 0 Å². The fourth-order valence-corrected chi connectivity index (χ4v) is 3.36. The van der Waals surface area contributed by atoms with Gasteiger partial charge in [0.25, 0.3) is 5.56 Å². The van der Waals surface area contributed by atoms with E-state index in [2.05, 4.69) is 9.97 Å².